The molecule has 4 aliphatic heterocycles. The third kappa shape index (κ3) is 5.11. The van der Waals surface area contributed by atoms with Crippen molar-refractivity contribution >= 4 is 15.9 Å². The Morgan fingerprint density at radius 1 is 0.800 bits per heavy atom. The van der Waals surface area contributed by atoms with E-state index in [4.69, 9.17) is 0 Å². The van der Waals surface area contributed by atoms with E-state index in [0.29, 0.717) is 45.1 Å². The Morgan fingerprint density at radius 3 is 2.06 bits per heavy atom. The van der Waals surface area contributed by atoms with Crippen molar-refractivity contribution in [3.8, 4) is 0 Å². The van der Waals surface area contributed by atoms with Crippen LogP contribution in [0.1, 0.15) is 70.6 Å². The minimum atomic E-state index is -4.48. The molecule has 35 heavy (non-hydrogen) atoms. The molecule has 0 aromatic heterocycles. The molecule has 1 saturated carbocycles. The van der Waals surface area contributed by atoms with Crippen molar-refractivity contribution in [1.82, 2.24) is 19.6 Å². The zero-order valence-corrected chi connectivity index (χ0v) is 21.2. The van der Waals surface area contributed by atoms with E-state index in [1.54, 1.807) is 14.2 Å². The van der Waals surface area contributed by atoms with Gasteiger partial charge < -0.3 is 4.90 Å². The van der Waals surface area contributed by atoms with E-state index in [2.05, 4.69) is 5.43 Å². The molecule has 1 aliphatic carbocycles. The van der Waals surface area contributed by atoms with E-state index >= 15 is 0 Å². The van der Waals surface area contributed by atoms with Crippen molar-refractivity contribution in [2.45, 2.75) is 94.1 Å². The van der Waals surface area contributed by atoms with Gasteiger partial charge >= 0.3 is 6.18 Å². The lowest BCUT2D eigenvalue weighted by atomic mass is 9.74. The molecule has 4 heterocycles. The Balaban J connectivity index is 1.24. The average molecular weight is 521 g/mol. The molecule has 5 rings (SSSR count). The number of hydrogen-bond acceptors (Lipinski definition) is 5. The van der Waals surface area contributed by atoms with Gasteiger partial charge in [-0.15, -0.1) is 0 Å². The smallest absolute Gasteiger partial charge is 0.342 e. The van der Waals surface area contributed by atoms with Crippen LogP contribution in [0.3, 0.4) is 0 Å². The van der Waals surface area contributed by atoms with E-state index in [1.807, 2.05) is 0 Å². The number of sulfonamides is 1. The molecule has 5 fully saturated rings. The van der Waals surface area contributed by atoms with Crippen LogP contribution < -0.4 is 5.43 Å². The SMILES string of the molecule is O=C(C1C2CC(C3CCN(S(=O)(=O)C4CCCCC4)CC3)CCN2NC1C(F)(F)F)N1CCCC1. The molecule has 0 bridgehead atoms. The van der Waals surface area contributed by atoms with E-state index in [1.165, 1.54) is 0 Å². The summed E-state index contributed by atoms with van der Waals surface area (Å²) < 4.78 is 69.7. The number of halogens is 3. The van der Waals surface area contributed by atoms with Crippen LogP contribution in [0.4, 0.5) is 13.2 Å². The van der Waals surface area contributed by atoms with Gasteiger partial charge in [-0.1, -0.05) is 19.3 Å². The zero-order valence-electron chi connectivity index (χ0n) is 20.4. The van der Waals surface area contributed by atoms with Crippen LogP contribution in [0, 0.1) is 17.8 Å². The summed E-state index contributed by atoms with van der Waals surface area (Å²) in [5.41, 5.74) is 2.65. The Morgan fingerprint density at radius 2 is 1.43 bits per heavy atom. The molecule has 4 atom stereocenters. The van der Waals surface area contributed by atoms with E-state index in [0.717, 1.165) is 64.2 Å². The second kappa shape index (κ2) is 10.1. The second-order valence-corrected chi connectivity index (χ2v) is 13.5. The van der Waals surface area contributed by atoms with Gasteiger partial charge in [-0.05, 0) is 63.2 Å². The molecule has 5 aliphatic rings. The molecule has 1 amide bonds. The summed E-state index contributed by atoms with van der Waals surface area (Å²) in [6.45, 7) is 2.60. The monoisotopic (exact) mass is 520 g/mol. The van der Waals surface area contributed by atoms with Gasteiger partial charge in [0.2, 0.25) is 15.9 Å². The standard InChI is InChI=1S/C24H39F3N4O3S/c25-24(26,27)22-21(23(32)29-11-4-5-12-29)20-16-18(10-15-31(20)28-22)17-8-13-30(14-9-17)35(33,34)19-6-2-1-3-7-19/h17-22,28H,1-16H2. The third-order valence-corrected chi connectivity index (χ3v) is 11.7. The van der Waals surface area contributed by atoms with Crippen LogP contribution in [-0.2, 0) is 14.8 Å². The number of amides is 1. The summed E-state index contributed by atoms with van der Waals surface area (Å²) in [5, 5.41) is 1.42. The summed E-state index contributed by atoms with van der Waals surface area (Å²) >= 11 is 0. The first-order valence-corrected chi connectivity index (χ1v) is 15.0. The van der Waals surface area contributed by atoms with Crippen LogP contribution in [0.25, 0.3) is 0 Å². The lowest BCUT2D eigenvalue weighted by Crippen LogP contribution is -2.50. The number of carbonyl (C=O) groups is 1. The molecule has 200 valence electrons. The van der Waals surface area contributed by atoms with E-state index < -0.39 is 34.2 Å². The number of nitrogens with zero attached hydrogens (tertiary/aromatic N) is 3. The third-order valence-electron chi connectivity index (χ3n) is 9.32. The number of hydrogen-bond donors (Lipinski definition) is 1. The first kappa shape index (κ1) is 25.7. The van der Waals surface area contributed by atoms with Crippen LogP contribution in [0.2, 0.25) is 0 Å². The summed E-state index contributed by atoms with van der Waals surface area (Å²) in [5.74, 6) is -0.956. The lowest BCUT2D eigenvalue weighted by Gasteiger charge is -2.42. The minimum absolute atomic E-state index is 0.221. The molecule has 0 aromatic rings. The van der Waals surface area contributed by atoms with Gasteiger partial charge in [-0.25, -0.2) is 23.2 Å². The summed E-state index contributed by atoms with van der Waals surface area (Å²) in [6, 6.07) is -2.29. The Kier molecular flexibility index (Phi) is 7.42. The zero-order chi connectivity index (χ0) is 24.8. The van der Waals surface area contributed by atoms with Crippen molar-refractivity contribution in [2.75, 3.05) is 32.7 Å². The predicted octanol–water partition coefficient (Wildman–Crippen LogP) is 3.13. The predicted molar refractivity (Wildman–Crippen MR) is 126 cm³/mol. The normalized spacial score (nSPS) is 34.9. The molecule has 7 nitrogen and oxygen atoms in total. The van der Waals surface area contributed by atoms with Gasteiger partial charge in [0.1, 0.15) is 6.04 Å². The van der Waals surface area contributed by atoms with Crippen LogP contribution in [0.15, 0.2) is 0 Å². The van der Waals surface area contributed by atoms with Crippen molar-refractivity contribution in [1.29, 1.82) is 0 Å². The Bertz CT molecular complexity index is 866. The van der Waals surface area contributed by atoms with Crippen LogP contribution in [-0.4, -0.2) is 84.8 Å². The van der Waals surface area contributed by atoms with Crippen molar-refractivity contribution in [3.05, 3.63) is 0 Å². The van der Waals surface area contributed by atoms with Crippen LogP contribution in [0.5, 0.6) is 0 Å². The summed E-state index contributed by atoms with van der Waals surface area (Å²) in [4.78, 5) is 14.8. The topological polar surface area (TPSA) is 73.0 Å². The van der Waals surface area contributed by atoms with Crippen LogP contribution >= 0.6 is 0 Å². The molecule has 0 aromatic carbocycles. The van der Waals surface area contributed by atoms with Gasteiger partial charge in [0.05, 0.1) is 11.2 Å². The molecular weight excluding hydrogens is 481 g/mol. The van der Waals surface area contributed by atoms with E-state index in [9.17, 15) is 26.4 Å². The molecule has 4 saturated heterocycles. The molecule has 1 N–H and O–H groups in total. The molecule has 4 unspecified atom stereocenters. The van der Waals surface area contributed by atoms with Gasteiger partial charge in [0.25, 0.3) is 0 Å². The van der Waals surface area contributed by atoms with Gasteiger partial charge in [0, 0.05) is 38.8 Å². The maximum atomic E-state index is 13.9. The number of fused-ring (bicyclic) bond motifs is 1. The molecular formula is C24H39F3N4O3S. The van der Waals surface area contributed by atoms with Crippen molar-refractivity contribution in [2.24, 2.45) is 17.8 Å². The number of alkyl halides is 3. The number of rotatable bonds is 4. The first-order chi connectivity index (χ1) is 16.7. The summed E-state index contributed by atoms with van der Waals surface area (Å²) in [7, 11) is -3.27. The lowest BCUT2D eigenvalue weighted by molar-refractivity contribution is -0.172. The number of hydrazine groups is 1. The molecule has 0 radical (unpaired) electrons. The van der Waals surface area contributed by atoms with Gasteiger partial charge in [-0.2, -0.15) is 13.2 Å². The average Bonchev–Trinajstić information content (AvgIpc) is 3.52. The Labute approximate surface area is 206 Å². The number of nitrogens with one attached hydrogen (secondary N) is 1. The van der Waals surface area contributed by atoms with Crippen molar-refractivity contribution < 1.29 is 26.4 Å². The van der Waals surface area contributed by atoms with E-state index in [-0.39, 0.29) is 17.1 Å². The fourth-order valence-electron chi connectivity index (χ4n) is 7.34. The van der Waals surface area contributed by atoms with Crippen molar-refractivity contribution in [3.63, 3.8) is 0 Å². The quantitative estimate of drug-likeness (QED) is 0.617. The largest absolute Gasteiger partial charge is 0.406 e. The second-order valence-electron chi connectivity index (χ2n) is 11.3. The first-order valence-electron chi connectivity index (χ1n) is 13.5. The number of piperidine rings is 2. The number of carbonyl (C=O) groups excluding carboxylic acids is 1. The molecule has 0 spiro atoms. The Hall–Kier alpha value is -0.910. The highest BCUT2D eigenvalue weighted by Gasteiger charge is 2.59. The highest BCUT2D eigenvalue weighted by atomic mass is 32.2. The highest BCUT2D eigenvalue weighted by molar-refractivity contribution is 7.89. The summed E-state index contributed by atoms with van der Waals surface area (Å²) in [6.07, 6.45) is 4.63. The fraction of sp³-hybridized carbons (Fsp3) is 0.958. The minimum Gasteiger partial charge on any atom is -0.342 e. The maximum Gasteiger partial charge on any atom is 0.406 e. The highest BCUT2D eigenvalue weighted by Crippen LogP contribution is 2.44. The fourth-order valence-corrected chi connectivity index (χ4v) is 9.41. The van der Waals surface area contributed by atoms with Gasteiger partial charge in [0.15, 0.2) is 0 Å². The number of likely N-dealkylation sites (tertiary alicyclic amines) is 1. The molecule has 11 heteroatoms. The maximum absolute atomic E-state index is 13.9. The van der Waals surface area contributed by atoms with Gasteiger partial charge in [-0.3, -0.25) is 4.79 Å².